The molecule has 0 nitrogen and oxygen atoms in total. The lowest BCUT2D eigenvalue weighted by molar-refractivity contribution is 0.615. The van der Waals surface area contributed by atoms with Crippen LogP contribution in [0.2, 0.25) is 0 Å². The molecule has 0 aliphatic heterocycles. The predicted molar refractivity (Wildman–Crippen MR) is 64.2 cm³/mol. The van der Waals surface area contributed by atoms with Gasteiger partial charge in [0.05, 0.1) is 0 Å². The van der Waals surface area contributed by atoms with Crippen molar-refractivity contribution in [3.8, 4) is 0 Å². The second-order valence-electron chi connectivity index (χ2n) is 3.95. The van der Waals surface area contributed by atoms with Crippen LogP contribution in [0.4, 0.5) is 4.39 Å². The second kappa shape index (κ2) is 4.83. The van der Waals surface area contributed by atoms with Crippen LogP contribution in [-0.4, -0.2) is 12.5 Å². The van der Waals surface area contributed by atoms with E-state index in [1.807, 2.05) is 0 Å². The molecule has 0 aromatic heterocycles. The summed E-state index contributed by atoms with van der Waals surface area (Å²) >= 11 is 0. The third kappa shape index (κ3) is 2.74. The van der Waals surface area contributed by atoms with Crippen LogP contribution in [0.3, 0.4) is 0 Å². The minimum absolute atomic E-state index is 0.0889. The van der Waals surface area contributed by atoms with Gasteiger partial charge in [-0.15, -0.1) is 0 Å². The van der Waals surface area contributed by atoms with Crippen molar-refractivity contribution < 1.29 is 4.39 Å². The maximum atomic E-state index is 13.3. The van der Waals surface area contributed by atoms with Crippen molar-refractivity contribution >= 4 is 10.9 Å². The van der Waals surface area contributed by atoms with Gasteiger partial charge < -0.3 is 0 Å². The van der Waals surface area contributed by atoms with Gasteiger partial charge in [-0.05, 0) is 53.5 Å². The van der Waals surface area contributed by atoms with E-state index in [2.05, 4.69) is 32.4 Å². The standard InChI is InChI=1S/C12H19FS/c1-5-9(2)10-6-11(13)8-12(7-10)14(3)4/h6-9,14H,5H2,1-4H3. The minimum atomic E-state index is -0.198. The molecular weight excluding hydrogens is 195 g/mol. The molecule has 1 aromatic carbocycles. The fourth-order valence-electron chi connectivity index (χ4n) is 1.37. The number of rotatable bonds is 3. The van der Waals surface area contributed by atoms with Gasteiger partial charge in [0, 0.05) is 0 Å². The van der Waals surface area contributed by atoms with E-state index in [1.165, 1.54) is 0 Å². The van der Waals surface area contributed by atoms with E-state index in [1.54, 1.807) is 12.1 Å². The summed E-state index contributed by atoms with van der Waals surface area (Å²) in [6.45, 7) is 4.28. The van der Waals surface area contributed by atoms with Gasteiger partial charge >= 0.3 is 0 Å². The molecule has 80 valence electrons. The zero-order valence-corrected chi connectivity index (χ0v) is 10.2. The molecule has 1 atom stereocenters. The number of benzene rings is 1. The molecule has 0 aliphatic carbocycles. The Kier molecular flexibility index (Phi) is 3.99. The van der Waals surface area contributed by atoms with Gasteiger partial charge in [-0.2, -0.15) is 0 Å². The molecule has 0 spiro atoms. The Labute approximate surface area is 88.9 Å². The Morgan fingerprint density at radius 2 is 1.93 bits per heavy atom. The van der Waals surface area contributed by atoms with Crippen molar-refractivity contribution in [1.29, 1.82) is 0 Å². The smallest absolute Gasteiger partial charge is 0.124 e. The Morgan fingerprint density at radius 1 is 1.29 bits per heavy atom. The van der Waals surface area contributed by atoms with Crippen molar-refractivity contribution in [2.75, 3.05) is 12.5 Å². The molecule has 0 fully saturated rings. The van der Waals surface area contributed by atoms with Crippen LogP contribution in [0.1, 0.15) is 31.7 Å². The topological polar surface area (TPSA) is 0 Å². The maximum Gasteiger partial charge on any atom is 0.124 e. The largest absolute Gasteiger partial charge is 0.233 e. The van der Waals surface area contributed by atoms with E-state index in [0.717, 1.165) is 16.9 Å². The van der Waals surface area contributed by atoms with Gasteiger partial charge in [0.1, 0.15) is 5.82 Å². The summed E-state index contributed by atoms with van der Waals surface area (Å²) in [7, 11) is -0.198. The van der Waals surface area contributed by atoms with E-state index in [0.29, 0.717) is 5.92 Å². The molecule has 1 rings (SSSR count). The van der Waals surface area contributed by atoms with E-state index < -0.39 is 0 Å². The van der Waals surface area contributed by atoms with Crippen LogP contribution in [0.25, 0.3) is 0 Å². The summed E-state index contributed by atoms with van der Waals surface area (Å²) in [5.41, 5.74) is 1.14. The predicted octanol–water partition coefficient (Wildman–Crippen LogP) is 3.96. The summed E-state index contributed by atoms with van der Waals surface area (Å²) in [6, 6.07) is 5.48. The molecule has 0 N–H and O–H groups in total. The second-order valence-corrected chi connectivity index (χ2v) is 6.25. The van der Waals surface area contributed by atoms with Crippen molar-refractivity contribution in [1.82, 2.24) is 0 Å². The molecule has 0 saturated heterocycles. The SMILES string of the molecule is CCC(C)c1cc(F)cc([SH](C)C)c1. The Balaban J connectivity index is 3.07. The molecule has 0 radical (unpaired) electrons. The third-order valence-corrected chi connectivity index (χ3v) is 3.89. The van der Waals surface area contributed by atoms with Crippen LogP contribution in [-0.2, 0) is 0 Å². The first-order chi connectivity index (χ1) is 6.54. The van der Waals surface area contributed by atoms with Crippen LogP contribution in [0.15, 0.2) is 23.1 Å². The average Bonchev–Trinajstić information content (AvgIpc) is 2.15. The van der Waals surface area contributed by atoms with Crippen molar-refractivity contribution in [2.45, 2.75) is 31.1 Å². The first-order valence-corrected chi connectivity index (χ1v) is 7.26. The lowest BCUT2D eigenvalue weighted by atomic mass is 9.99. The van der Waals surface area contributed by atoms with Crippen LogP contribution in [0, 0.1) is 5.82 Å². The quantitative estimate of drug-likeness (QED) is 0.723. The highest BCUT2D eigenvalue weighted by Crippen LogP contribution is 2.32. The molecule has 0 heterocycles. The zero-order valence-electron chi connectivity index (χ0n) is 9.34. The van der Waals surface area contributed by atoms with E-state index in [4.69, 9.17) is 0 Å². The van der Waals surface area contributed by atoms with Crippen LogP contribution in [0.5, 0.6) is 0 Å². The van der Waals surface area contributed by atoms with Crippen molar-refractivity contribution in [2.24, 2.45) is 0 Å². The molecule has 0 amide bonds. The molecule has 0 bridgehead atoms. The maximum absolute atomic E-state index is 13.3. The van der Waals surface area contributed by atoms with Crippen molar-refractivity contribution in [3.05, 3.63) is 29.6 Å². The molecule has 1 unspecified atom stereocenters. The number of thiol groups is 1. The van der Waals surface area contributed by atoms with Gasteiger partial charge in [-0.1, -0.05) is 13.8 Å². The summed E-state index contributed by atoms with van der Waals surface area (Å²) in [5, 5.41) is 0. The highest BCUT2D eigenvalue weighted by molar-refractivity contribution is 8.15. The fraction of sp³-hybridized carbons (Fsp3) is 0.500. The highest BCUT2D eigenvalue weighted by Gasteiger charge is 2.07. The Morgan fingerprint density at radius 3 is 2.43 bits per heavy atom. The summed E-state index contributed by atoms with van der Waals surface area (Å²) < 4.78 is 13.3. The Hall–Kier alpha value is -0.500. The molecule has 14 heavy (non-hydrogen) atoms. The molecule has 0 saturated carbocycles. The van der Waals surface area contributed by atoms with Gasteiger partial charge in [-0.3, -0.25) is 0 Å². The normalized spacial score (nSPS) is 13.9. The Bertz CT molecular complexity index is 307. The monoisotopic (exact) mass is 214 g/mol. The average molecular weight is 214 g/mol. The van der Waals surface area contributed by atoms with Gasteiger partial charge in [-0.25, -0.2) is 15.3 Å². The van der Waals surface area contributed by atoms with Crippen molar-refractivity contribution in [3.63, 3.8) is 0 Å². The first kappa shape index (κ1) is 11.6. The first-order valence-electron chi connectivity index (χ1n) is 5.02. The number of halogens is 1. The highest BCUT2D eigenvalue weighted by atomic mass is 32.2. The van der Waals surface area contributed by atoms with E-state index >= 15 is 0 Å². The summed E-state index contributed by atoms with van der Waals surface area (Å²) in [5.74, 6) is 0.369. The molecule has 0 aliphatic rings. The molecular formula is C12H19FS. The molecule has 2 heteroatoms. The number of hydrogen-bond acceptors (Lipinski definition) is 0. The van der Waals surface area contributed by atoms with Crippen LogP contribution >= 0.6 is 10.9 Å². The van der Waals surface area contributed by atoms with Gasteiger partial charge in [0.25, 0.3) is 0 Å². The zero-order chi connectivity index (χ0) is 10.7. The molecule has 1 aromatic rings. The summed E-state index contributed by atoms with van der Waals surface area (Å²) in [4.78, 5) is 1.16. The summed E-state index contributed by atoms with van der Waals surface area (Å²) in [6.07, 6.45) is 5.38. The van der Waals surface area contributed by atoms with Gasteiger partial charge in [0.2, 0.25) is 0 Å². The van der Waals surface area contributed by atoms with E-state index in [9.17, 15) is 4.39 Å². The van der Waals surface area contributed by atoms with Crippen LogP contribution < -0.4 is 0 Å². The lowest BCUT2D eigenvalue weighted by Gasteiger charge is -2.15. The van der Waals surface area contributed by atoms with E-state index in [-0.39, 0.29) is 16.7 Å². The lowest BCUT2D eigenvalue weighted by Crippen LogP contribution is -1.94. The van der Waals surface area contributed by atoms with Gasteiger partial charge in [0.15, 0.2) is 0 Å². The third-order valence-electron chi connectivity index (χ3n) is 2.60. The minimum Gasteiger partial charge on any atom is -0.233 e. The number of hydrogen-bond donors (Lipinski definition) is 1. The fourth-order valence-corrected chi connectivity index (χ4v) is 2.16.